The van der Waals surface area contributed by atoms with Gasteiger partial charge in [-0.05, 0) is 25.2 Å². The van der Waals surface area contributed by atoms with Crippen molar-refractivity contribution in [1.29, 1.82) is 0 Å². The second-order valence-corrected chi connectivity index (χ2v) is 3.74. The molecule has 2 aliphatic carbocycles. The molecule has 0 aromatic rings. The summed E-state index contributed by atoms with van der Waals surface area (Å²) in [5.74, 6) is 1.75. The maximum absolute atomic E-state index is 11.1. The molecule has 0 amide bonds. The van der Waals surface area contributed by atoms with E-state index in [0.29, 0.717) is 23.9 Å². The highest BCUT2D eigenvalue weighted by Gasteiger charge is 2.58. The van der Waals surface area contributed by atoms with E-state index in [2.05, 4.69) is 0 Å². The number of hydrogen-bond acceptors (Lipinski definition) is 2. The SMILES string of the molecule is O=C1O[C@H]2C[C@H]3CC[C@@H]2[C@@H]13. The molecule has 0 unspecified atom stereocenters. The zero-order valence-electron chi connectivity index (χ0n) is 5.75. The maximum Gasteiger partial charge on any atom is 0.309 e. The van der Waals surface area contributed by atoms with Crippen LogP contribution >= 0.6 is 0 Å². The van der Waals surface area contributed by atoms with Crippen molar-refractivity contribution >= 4 is 5.97 Å². The normalized spacial score (nSPS) is 55.8. The van der Waals surface area contributed by atoms with Crippen LogP contribution in [-0.2, 0) is 9.53 Å². The molecule has 54 valence electrons. The van der Waals surface area contributed by atoms with E-state index in [0.717, 1.165) is 0 Å². The van der Waals surface area contributed by atoms with Crippen molar-refractivity contribution in [2.45, 2.75) is 25.4 Å². The molecule has 0 radical (unpaired) electrons. The predicted octanol–water partition coefficient (Wildman–Crippen LogP) is 0.958. The molecule has 1 heterocycles. The molecule has 3 aliphatic rings. The fourth-order valence-electron chi connectivity index (χ4n) is 3.00. The Balaban J connectivity index is 2.06. The summed E-state index contributed by atoms with van der Waals surface area (Å²) in [6.45, 7) is 0. The third-order valence-corrected chi connectivity index (χ3v) is 3.39. The average Bonchev–Trinajstić information content (AvgIpc) is 2.49. The first-order chi connectivity index (χ1) is 4.86. The van der Waals surface area contributed by atoms with E-state index in [1.165, 1.54) is 19.3 Å². The maximum atomic E-state index is 11.1. The van der Waals surface area contributed by atoms with Crippen LogP contribution in [0.4, 0.5) is 0 Å². The molecule has 2 heteroatoms. The van der Waals surface area contributed by atoms with Gasteiger partial charge in [-0.2, -0.15) is 0 Å². The highest BCUT2D eigenvalue weighted by molar-refractivity contribution is 5.77. The van der Waals surface area contributed by atoms with Crippen molar-refractivity contribution < 1.29 is 9.53 Å². The summed E-state index contributed by atoms with van der Waals surface area (Å²) in [4.78, 5) is 11.1. The fourth-order valence-corrected chi connectivity index (χ4v) is 3.00. The third-order valence-electron chi connectivity index (χ3n) is 3.39. The second kappa shape index (κ2) is 1.39. The van der Waals surface area contributed by atoms with Gasteiger partial charge in [-0.15, -0.1) is 0 Å². The van der Waals surface area contributed by atoms with Crippen molar-refractivity contribution in [3.8, 4) is 0 Å². The van der Waals surface area contributed by atoms with Crippen LogP contribution in [0.5, 0.6) is 0 Å². The molecular formula is C8H10O2. The lowest BCUT2D eigenvalue weighted by atomic mass is 9.97. The lowest BCUT2D eigenvalue weighted by Gasteiger charge is -2.20. The highest BCUT2D eigenvalue weighted by Crippen LogP contribution is 2.55. The van der Waals surface area contributed by atoms with E-state index in [4.69, 9.17) is 4.74 Å². The van der Waals surface area contributed by atoms with Gasteiger partial charge in [0.15, 0.2) is 0 Å². The van der Waals surface area contributed by atoms with Crippen molar-refractivity contribution in [1.82, 2.24) is 0 Å². The molecule has 0 aromatic carbocycles. The minimum absolute atomic E-state index is 0.101. The number of carbonyl (C=O) groups excluding carboxylic acids is 1. The molecule has 4 bridgehead atoms. The van der Waals surface area contributed by atoms with Gasteiger partial charge in [0.05, 0.1) is 5.92 Å². The summed E-state index contributed by atoms with van der Waals surface area (Å²) in [6, 6.07) is 0. The Morgan fingerprint density at radius 2 is 2.30 bits per heavy atom. The highest BCUT2D eigenvalue weighted by atomic mass is 16.6. The van der Waals surface area contributed by atoms with Crippen molar-refractivity contribution in [3.63, 3.8) is 0 Å². The van der Waals surface area contributed by atoms with Crippen LogP contribution < -0.4 is 0 Å². The van der Waals surface area contributed by atoms with Gasteiger partial charge in [0, 0.05) is 5.92 Å². The summed E-state index contributed by atoms with van der Waals surface area (Å²) < 4.78 is 5.16. The Kier molecular flexibility index (Phi) is 0.715. The Hall–Kier alpha value is -0.530. The van der Waals surface area contributed by atoms with E-state index in [9.17, 15) is 4.79 Å². The van der Waals surface area contributed by atoms with Gasteiger partial charge >= 0.3 is 5.97 Å². The van der Waals surface area contributed by atoms with Crippen LogP contribution in [0.1, 0.15) is 19.3 Å². The number of esters is 1. The van der Waals surface area contributed by atoms with Gasteiger partial charge in [-0.1, -0.05) is 0 Å². The number of hydrogen-bond donors (Lipinski definition) is 0. The summed E-state index contributed by atoms with van der Waals surface area (Å²) in [5.41, 5.74) is 0. The standard InChI is InChI=1S/C8H10O2/c9-8-7-4-1-2-5(7)6(3-4)10-8/h4-7H,1-3H2/t4-,5+,6+,7+/m1/s1. The largest absolute Gasteiger partial charge is 0.462 e. The average molecular weight is 138 g/mol. The van der Waals surface area contributed by atoms with Gasteiger partial charge in [-0.25, -0.2) is 0 Å². The smallest absolute Gasteiger partial charge is 0.309 e. The van der Waals surface area contributed by atoms with E-state index >= 15 is 0 Å². The van der Waals surface area contributed by atoms with E-state index < -0.39 is 0 Å². The Morgan fingerprint density at radius 3 is 2.90 bits per heavy atom. The zero-order chi connectivity index (χ0) is 6.72. The summed E-state index contributed by atoms with van der Waals surface area (Å²) in [5, 5.41) is 0. The van der Waals surface area contributed by atoms with Gasteiger partial charge in [0.25, 0.3) is 0 Å². The minimum atomic E-state index is 0.101. The van der Waals surface area contributed by atoms with E-state index in [1.54, 1.807) is 0 Å². The van der Waals surface area contributed by atoms with E-state index in [1.807, 2.05) is 0 Å². The molecular weight excluding hydrogens is 128 g/mol. The zero-order valence-corrected chi connectivity index (χ0v) is 5.75. The number of rotatable bonds is 0. The summed E-state index contributed by atoms with van der Waals surface area (Å²) in [7, 11) is 0. The fraction of sp³-hybridized carbons (Fsp3) is 0.875. The first kappa shape index (κ1) is 5.16. The first-order valence-electron chi connectivity index (χ1n) is 4.07. The van der Waals surface area contributed by atoms with Crippen LogP contribution in [0.25, 0.3) is 0 Å². The van der Waals surface area contributed by atoms with Crippen LogP contribution in [0.3, 0.4) is 0 Å². The Labute approximate surface area is 59.6 Å². The summed E-state index contributed by atoms with van der Waals surface area (Å²) >= 11 is 0. The molecule has 3 rings (SSSR count). The molecule has 3 fully saturated rings. The molecule has 2 saturated carbocycles. The molecule has 1 aliphatic heterocycles. The van der Waals surface area contributed by atoms with Crippen molar-refractivity contribution in [2.24, 2.45) is 17.8 Å². The lowest BCUT2D eigenvalue weighted by molar-refractivity contribution is -0.150. The quantitative estimate of drug-likeness (QED) is 0.466. The van der Waals surface area contributed by atoms with Gasteiger partial charge < -0.3 is 4.74 Å². The van der Waals surface area contributed by atoms with Gasteiger partial charge in [-0.3, -0.25) is 4.79 Å². The number of ether oxygens (including phenoxy) is 1. The van der Waals surface area contributed by atoms with E-state index in [-0.39, 0.29) is 5.97 Å². The molecule has 10 heavy (non-hydrogen) atoms. The van der Waals surface area contributed by atoms with Crippen molar-refractivity contribution in [3.05, 3.63) is 0 Å². The molecule has 0 N–H and O–H groups in total. The molecule has 0 spiro atoms. The molecule has 4 atom stereocenters. The third kappa shape index (κ3) is 0.386. The molecule has 2 nitrogen and oxygen atoms in total. The number of carbonyl (C=O) groups is 1. The lowest BCUT2D eigenvalue weighted by Crippen LogP contribution is -2.22. The second-order valence-electron chi connectivity index (χ2n) is 3.74. The topological polar surface area (TPSA) is 26.3 Å². The summed E-state index contributed by atoms with van der Waals surface area (Å²) in [6.07, 6.45) is 4.02. The molecule has 1 saturated heterocycles. The van der Waals surface area contributed by atoms with Crippen LogP contribution in [0.2, 0.25) is 0 Å². The van der Waals surface area contributed by atoms with Crippen LogP contribution in [-0.4, -0.2) is 12.1 Å². The Bertz CT molecular complexity index is 199. The van der Waals surface area contributed by atoms with Crippen LogP contribution in [0.15, 0.2) is 0 Å². The minimum Gasteiger partial charge on any atom is -0.462 e. The molecule has 0 aromatic heterocycles. The Morgan fingerprint density at radius 1 is 1.40 bits per heavy atom. The van der Waals surface area contributed by atoms with Crippen molar-refractivity contribution in [2.75, 3.05) is 0 Å². The first-order valence-corrected chi connectivity index (χ1v) is 4.07. The van der Waals surface area contributed by atoms with Gasteiger partial charge in [0.1, 0.15) is 6.10 Å². The predicted molar refractivity (Wildman–Crippen MR) is 34.2 cm³/mol. The monoisotopic (exact) mass is 138 g/mol. The van der Waals surface area contributed by atoms with Crippen LogP contribution in [0, 0.1) is 17.8 Å². The van der Waals surface area contributed by atoms with Gasteiger partial charge in [0.2, 0.25) is 0 Å².